The predicted octanol–water partition coefficient (Wildman–Crippen LogP) is 4.14. The van der Waals surface area contributed by atoms with Crippen LogP contribution in [-0.2, 0) is 0 Å². The van der Waals surface area contributed by atoms with Crippen LogP contribution in [0, 0.1) is 10.1 Å². The van der Waals surface area contributed by atoms with Crippen molar-refractivity contribution in [2.45, 2.75) is 0 Å². The summed E-state index contributed by atoms with van der Waals surface area (Å²) >= 11 is 17.3. The van der Waals surface area contributed by atoms with Gasteiger partial charge in [-0.15, -0.1) is 10.2 Å². The molecule has 0 spiro atoms. The Labute approximate surface area is 122 Å². The van der Waals surface area contributed by atoms with Crippen molar-refractivity contribution in [1.82, 2.24) is 10.2 Å². The van der Waals surface area contributed by atoms with Gasteiger partial charge in [0.1, 0.15) is 5.75 Å². The number of benzene rings is 1. The van der Waals surface area contributed by atoms with Gasteiger partial charge in [0.15, 0.2) is 16.1 Å². The molecule has 19 heavy (non-hydrogen) atoms. The van der Waals surface area contributed by atoms with Crippen molar-refractivity contribution in [3.05, 3.63) is 49.7 Å². The fourth-order valence-electron chi connectivity index (χ4n) is 1.21. The largest absolute Gasteiger partial charge is 0.452 e. The van der Waals surface area contributed by atoms with E-state index in [0.29, 0.717) is 0 Å². The van der Waals surface area contributed by atoms with Gasteiger partial charge in [-0.1, -0.05) is 34.8 Å². The van der Waals surface area contributed by atoms with Crippen LogP contribution in [0.15, 0.2) is 24.3 Å². The minimum Gasteiger partial charge on any atom is -0.452 e. The summed E-state index contributed by atoms with van der Waals surface area (Å²) in [6.07, 6.45) is 0. The van der Waals surface area contributed by atoms with Crippen molar-refractivity contribution < 1.29 is 9.66 Å². The topological polar surface area (TPSA) is 78.2 Å². The monoisotopic (exact) mass is 319 g/mol. The number of halogens is 3. The second-order valence-electron chi connectivity index (χ2n) is 3.30. The zero-order valence-electron chi connectivity index (χ0n) is 9.01. The molecule has 0 bridgehead atoms. The number of ether oxygens (including phenoxy) is 1. The van der Waals surface area contributed by atoms with E-state index in [2.05, 4.69) is 10.2 Å². The average molecular weight is 321 g/mol. The maximum atomic E-state index is 10.6. The normalized spacial score (nSPS) is 10.3. The van der Waals surface area contributed by atoms with E-state index in [1.165, 1.54) is 24.3 Å². The van der Waals surface area contributed by atoms with Gasteiger partial charge in [-0.3, -0.25) is 10.1 Å². The first-order valence-corrected chi connectivity index (χ1v) is 5.91. The zero-order valence-corrected chi connectivity index (χ0v) is 11.3. The molecule has 0 saturated heterocycles. The van der Waals surface area contributed by atoms with Crippen molar-refractivity contribution >= 4 is 40.5 Å². The zero-order chi connectivity index (χ0) is 14.0. The summed E-state index contributed by atoms with van der Waals surface area (Å²) in [6, 6.07) is 5.13. The molecule has 2 aromatic rings. The van der Waals surface area contributed by atoms with Crippen LogP contribution in [0.4, 0.5) is 5.69 Å². The van der Waals surface area contributed by atoms with Crippen LogP contribution >= 0.6 is 34.8 Å². The van der Waals surface area contributed by atoms with Gasteiger partial charge in [-0.2, -0.15) is 0 Å². The predicted molar refractivity (Wildman–Crippen MR) is 70.2 cm³/mol. The fraction of sp³-hybridized carbons (Fsp3) is 0. The molecule has 0 radical (unpaired) electrons. The molecule has 1 heterocycles. The van der Waals surface area contributed by atoms with Crippen molar-refractivity contribution in [2.24, 2.45) is 0 Å². The number of hydrogen-bond acceptors (Lipinski definition) is 5. The lowest BCUT2D eigenvalue weighted by Gasteiger charge is -2.08. The molecule has 9 heteroatoms. The lowest BCUT2D eigenvalue weighted by atomic mass is 10.3. The highest BCUT2D eigenvalue weighted by Crippen LogP contribution is 2.35. The van der Waals surface area contributed by atoms with E-state index in [1.54, 1.807) is 0 Å². The molecule has 0 N–H and O–H groups in total. The third-order valence-electron chi connectivity index (χ3n) is 2.03. The second kappa shape index (κ2) is 5.56. The van der Waals surface area contributed by atoms with Gasteiger partial charge in [-0.25, -0.2) is 0 Å². The minimum atomic E-state index is -0.562. The Morgan fingerprint density at radius 1 is 1.11 bits per heavy atom. The van der Waals surface area contributed by atoms with Gasteiger partial charge in [0.05, 0.1) is 9.95 Å². The van der Waals surface area contributed by atoms with Crippen LogP contribution in [-0.4, -0.2) is 15.1 Å². The fourth-order valence-corrected chi connectivity index (χ4v) is 1.69. The summed E-state index contributed by atoms with van der Waals surface area (Å²) in [5, 5.41) is 17.8. The van der Waals surface area contributed by atoms with E-state index in [-0.39, 0.29) is 32.5 Å². The Kier molecular flexibility index (Phi) is 4.04. The Morgan fingerprint density at radius 3 is 2.47 bits per heavy atom. The summed E-state index contributed by atoms with van der Waals surface area (Å²) in [7, 11) is 0. The van der Waals surface area contributed by atoms with Gasteiger partial charge in [0, 0.05) is 18.2 Å². The summed E-state index contributed by atoms with van der Waals surface area (Å²) in [5.74, 6) is 0.343. The van der Waals surface area contributed by atoms with Gasteiger partial charge in [0.2, 0.25) is 0 Å². The van der Waals surface area contributed by atoms with Crippen molar-refractivity contribution in [3.63, 3.8) is 0 Å². The van der Waals surface area contributed by atoms with Crippen LogP contribution < -0.4 is 4.74 Å². The average Bonchev–Trinajstić information content (AvgIpc) is 2.36. The maximum Gasteiger partial charge on any atom is 0.271 e. The molecular formula is C10H4Cl3N3O3. The maximum absolute atomic E-state index is 10.6. The van der Waals surface area contributed by atoms with Crippen LogP contribution in [0.2, 0.25) is 15.3 Å². The molecule has 0 aliphatic carbocycles. The summed E-state index contributed by atoms with van der Waals surface area (Å²) in [4.78, 5) is 10.0. The molecule has 0 atom stereocenters. The van der Waals surface area contributed by atoms with E-state index in [0.717, 1.165) is 0 Å². The molecule has 0 fully saturated rings. The van der Waals surface area contributed by atoms with Crippen LogP contribution in [0.25, 0.3) is 0 Å². The van der Waals surface area contributed by atoms with E-state index < -0.39 is 4.92 Å². The lowest BCUT2D eigenvalue weighted by molar-refractivity contribution is -0.384. The van der Waals surface area contributed by atoms with E-state index in [9.17, 15) is 10.1 Å². The summed E-state index contributed by atoms with van der Waals surface area (Å²) in [6.45, 7) is 0. The van der Waals surface area contributed by atoms with E-state index in [1.807, 2.05) is 0 Å². The smallest absolute Gasteiger partial charge is 0.271 e. The van der Waals surface area contributed by atoms with E-state index >= 15 is 0 Å². The third-order valence-corrected chi connectivity index (χ3v) is 2.77. The van der Waals surface area contributed by atoms with Crippen molar-refractivity contribution in [3.8, 4) is 11.5 Å². The molecule has 1 aromatic carbocycles. The quantitative estimate of drug-likeness (QED) is 0.627. The lowest BCUT2D eigenvalue weighted by Crippen LogP contribution is -1.92. The SMILES string of the molecule is O=[N+]([O-])c1ccc(Oc2cc(Cl)nnc2Cl)c(Cl)c1. The molecular weight excluding hydrogens is 316 g/mol. The first-order valence-electron chi connectivity index (χ1n) is 4.78. The van der Waals surface area contributed by atoms with Gasteiger partial charge >= 0.3 is 0 Å². The third kappa shape index (κ3) is 3.23. The van der Waals surface area contributed by atoms with Crippen LogP contribution in [0.5, 0.6) is 11.5 Å². The minimum absolute atomic E-state index is 0.00109. The van der Waals surface area contributed by atoms with Crippen molar-refractivity contribution in [2.75, 3.05) is 0 Å². The standard InChI is InChI=1S/C10H4Cl3N3O3/c11-6-3-5(16(17)18)1-2-7(6)19-8-4-9(12)14-15-10(8)13/h1-4H. The molecule has 0 aliphatic heterocycles. The van der Waals surface area contributed by atoms with Gasteiger partial charge in [0.25, 0.3) is 5.69 Å². The molecule has 6 nitrogen and oxygen atoms in total. The highest BCUT2D eigenvalue weighted by molar-refractivity contribution is 6.33. The first kappa shape index (κ1) is 13.8. The van der Waals surface area contributed by atoms with Crippen LogP contribution in [0.3, 0.4) is 0 Å². The van der Waals surface area contributed by atoms with E-state index in [4.69, 9.17) is 39.5 Å². The van der Waals surface area contributed by atoms with Crippen molar-refractivity contribution in [1.29, 1.82) is 0 Å². The number of nitro benzene ring substituents is 1. The van der Waals surface area contributed by atoms with Gasteiger partial charge in [-0.05, 0) is 6.07 Å². The molecule has 0 unspecified atom stereocenters. The Balaban J connectivity index is 2.33. The highest BCUT2D eigenvalue weighted by Gasteiger charge is 2.13. The molecule has 1 aromatic heterocycles. The van der Waals surface area contributed by atoms with Crippen LogP contribution in [0.1, 0.15) is 0 Å². The molecule has 2 rings (SSSR count). The number of aromatic nitrogens is 2. The summed E-state index contributed by atoms with van der Waals surface area (Å²) in [5.41, 5.74) is -0.144. The Hall–Kier alpha value is -1.63. The molecule has 0 aliphatic rings. The number of rotatable bonds is 3. The Bertz CT molecular complexity index is 651. The summed E-state index contributed by atoms with van der Waals surface area (Å²) < 4.78 is 5.38. The number of nitrogens with zero attached hydrogens (tertiary/aromatic N) is 3. The number of non-ortho nitro benzene ring substituents is 1. The highest BCUT2D eigenvalue weighted by atomic mass is 35.5. The first-order chi connectivity index (χ1) is 8.97. The number of hydrogen-bond donors (Lipinski definition) is 0. The second-order valence-corrected chi connectivity index (χ2v) is 4.45. The Morgan fingerprint density at radius 2 is 1.84 bits per heavy atom. The molecule has 0 amide bonds. The van der Waals surface area contributed by atoms with Gasteiger partial charge < -0.3 is 4.74 Å². The molecule has 98 valence electrons. The number of nitro groups is 1. The molecule has 0 saturated carbocycles.